The third-order valence-corrected chi connectivity index (χ3v) is 2.76. The average molecular weight is 281 g/mol. The van der Waals surface area contributed by atoms with Crippen molar-refractivity contribution < 1.29 is 13.2 Å². The van der Waals surface area contributed by atoms with Crippen molar-refractivity contribution in [3.8, 4) is 11.8 Å². The lowest BCUT2D eigenvalue weighted by Gasteiger charge is -2.05. The van der Waals surface area contributed by atoms with E-state index in [0.29, 0.717) is 16.1 Å². The molecular weight excluding hydrogens is 273 g/mol. The second-order valence-corrected chi connectivity index (χ2v) is 4.21. The summed E-state index contributed by atoms with van der Waals surface area (Å²) in [6.07, 6.45) is -4.32. The van der Waals surface area contributed by atoms with E-state index < -0.39 is 11.7 Å². The molecule has 0 aromatic heterocycles. The summed E-state index contributed by atoms with van der Waals surface area (Å²) in [4.78, 5) is 0. The van der Waals surface area contributed by atoms with E-state index in [1.807, 2.05) is 0 Å². The summed E-state index contributed by atoms with van der Waals surface area (Å²) in [5, 5.41) is 0.516. The highest BCUT2D eigenvalue weighted by Crippen LogP contribution is 2.28. The molecule has 2 rings (SSSR count). The maximum atomic E-state index is 12.4. The Kier molecular flexibility index (Phi) is 3.82. The van der Waals surface area contributed by atoms with Gasteiger partial charge in [-0.15, -0.1) is 0 Å². The molecule has 2 aromatic rings. The van der Waals surface area contributed by atoms with Gasteiger partial charge in [0, 0.05) is 11.1 Å². The Morgan fingerprint density at radius 3 is 2.05 bits per heavy atom. The first-order valence-electron chi connectivity index (χ1n) is 5.40. The second-order valence-electron chi connectivity index (χ2n) is 3.80. The molecule has 0 heterocycles. The summed E-state index contributed by atoms with van der Waals surface area (Å²) in [5.74, 6) is 5.60. The second kappa shape index (κ2) is 5.38. The number of hydrogen-bond donors (Lipinski definition) is 0. The Hall–Kier alpha value is -1.92. The molecule has 96 valence electrons. The molecule has 0 saturated carbocycles. The first-order valence-corrected chi connectivity index (χ1v) is 5.78. The van der Waals surface area contributed by atoms with Crippen molar-refractivity contribution in [1.29, 1.82) is 0 Å². The average Bonchev–Trinajstić information content (AvgIpc) is 2.37. The lowest BCUT2D eigenvalue weighted by Crippen LogP contribution is -2.04. The maximum absolute atomic E-state index is 12.4. The van der Waals surface area contributed by atoms with Crippen LogP contribution in [0.4, 0.5) is 13.2 Å². The smallest absolute Gasteiger partial charge is 0.166 e. The van der Waals surface area contributed by atoms with E-state index in [9.17, 15) is 13.2 Å². The summed E-state index contributed by atoms with van der Waals surface area (Å²) in [6.45, 7) is 0. The van der Waals surface area contributed by atoms with Crippen LogP contribution in [0.25, 0.3) is 0 Å². The Morgan fingerprint density at radius 1 is 0.842 bits per heavy atom. The summed E-state index contributed by atoms with van der Waals surface area (Å²) in [6, 6.07) is 11.7. The van der Waals surface area contributed by atoms with Crippen LogP contribution in [0.15, 0.2) is 48.5 Å². The van der Waals surface area contributed by atoms with E-state index >= 15 is 0 Å². The molecule has 19 heavy (non-hydrogen) atoms. The van der Waals surface area contributed by atoms with Gasteiger partial charge in [-0.1, -0.05) is 35.6 Å². The lowest BCUT2D eigenvalue weighted by atomic mass is 10.1. The van der Waals surface area contributed by atoms with Crippen molar-refractivity contribution in [1.82, 2.24) is 0 Å². The maximum Gasteiger partial charge on any atom is 0.416 e. The molecule has 0 spiro atoms. The van der Waals surface area contributed by atoms with Crippen LogP contribution in [-0.4, -0.2) is 0 Å². The summed E-state index contributed by atoms with van der Waals surface area (Å²) in [5.41, 5.74) is 0.466. The first kappa shape index (κ1) is 13.5. The van der Waals surface area contributed by atoms with Gasteiger partial charge in [0.25, 0.3) is 0 Å². The lowest BCUT2D eigenvalue weighted by molar-refractivity contribution is -0.137. The van der Waals surface area contributed by atoms with E-state index in [-0.39, 0.29) is 0 Å². The summed E-state index contributed by atoms with van der Waals surface area (Å²) in [7, 11) is 0. The first-order chi connectivity index (χ1) is 8.97. The van der Waals surface area contributed by atoms with Crippen molar-refractivity contribution in [3.05, 3.63) is 70.2 Å². The molecule has 0 radical (unpaired) electrons. The van der Waals surface area contributed by atoms with E-state index in [1.165, 1.54) is 12.1 Å². The zero-order valence-electron chi connectivity index (χ0n) is 9.63. The highest BCUT2D eigenvalue weighted by molar-refractivity contribution is 6.31. The van der Waals surface area contributed by atoms with Crippen molar-refractivity contribution >= 4 is 11.6 Å². The predicted molar refractivity (Wildman–Crippen MR) is 68.9 cm³/mol. The van der Waals surface area contributed by atoms with Gasteiger partial charge in [0.15, 0.2) is 0 Å². The van der Waals surface area contributed by atoms with Crippen LogP contribution >= 0.6 is 11.6 Å². The van der Waals surface area contributed by atoms with Gasteiger partial charge in [-0.05, 0) is 36.4 Å². The number of rotatable bonds is 0. The number of halogens is 4. The Bertz CT molecular complexity index is 631. The fourth-order valence-electron chi connectivity index (χ4n) is 1.44. The zero-order valence-corrected chi connectivity index (χ0v) is 10.4. The molecule has 0 aliphatic rings. The van der Waals surface area contributed by atoms with E-state index in [2.05, 4.69) is 11.8 Å². The summed E-state index contributed by atoms with van der Waals surface area (Å²) < 4.78 is 37.1. The molecule has 0 aliphatic carbocycles. The van der Waals surface area contributed by atoms with Crippen LogP contribution < -0.4 is 0 Å². The Morgan fingerprint density at radius 2 is 1.47 bits per heavy atom. The SMILES string of the molecule is FC(F)(F)c1ccc(C#Cc2ccccc2Cl)cc1. The Labute approximate surface area is 113 Å². The van der Waals surface area contributed by atoms with E-state index in [0.717, 1.165) is 12.1 Å². The minimum atomic E-state index is -4.32. The van der Waals surface area contributed by atoms with E-state index in [1.54, 1.807) is 24.3 Å². The van der Waals surface area contributed by atoms with Crippen LogP contribution in [0.2, 0.25) is 5.02 Å². The molecule has 0 unspecified atom stereocenters. The number of alkyl halides is 3. The van der Waals surface area contributed by atoms with Gasteiger partial charge >= 0.3 is 6.18 Å². The largest absolute Gasteiger partial charge is 0.416 e. The standard InChI is InChI=1S/C15H8ClF3/c16-14-4-2-1-3-12(14)8-5-11-6-9-13(10-7-11)15(17,18)19/h1-4,6-7,9-10H. The van der Waals surface area contributed by atoms with Crippen LogP contribution in [0.5, 0.6) is 0 Å². The molecule has 4 heteroatoms. The van der Waals surface area contributed by atoms with Crippen molar-refractivity contribution in [3.63, 3.8) is 0 Å². The van der Waals surface area contributed by atoms with Crippen molar-refractivity contribution in [2.24, 2.45) is 0 Å². The fourth-order valence-corrected chi connectivity index (χ4v) is 1.63. The molecule has 0 atom stereocenters. The molecular formula is C15H8ClF3. The van der Waals surface area contributed by atoms with Gasteiger partial charge in [0.1, 0.15) is 0 Å². The predicted octanol–water partition coefficient (Wildman–Crippen LogP) is 4.76. The van der Waals surface area contributed by atoms with Gasteiger partial charge in [0.2, 0.25) is 0 Å². The minimum Gasteiger partial charge on any atom is -0.166 e. The molecule has 0 aliphatic heterocycles. The quantitative estimate of drug-likeness (QED) is 0.611. The number of benzene rings is 2. The molecule has 0 N–H and O–H groups in total. The molecule has 2 aromatic carbocycles. The normalized spacial score (nSPS) is 10.7. The zero-order chi connectivity index (χ0) is 13.9. The summed E-state index contributed by atoms with van der Waals surface area (Å²) >= 11 is 5.92. The molecule has 0 saturated heterocycles. The van der Waals surface area contributed by atoms with Crippen LogP contribution in [-0.2, 0) is 6.18 Å². The van der Waals surface area contributed by atoms with Crippen molar-refractivity contribution in [2.45, 2.75) is 6.18 Å². The van der Waals surface area contributed by atoms with Gasteiger partial charge in [-0.3, -0.25) is 0 Å². The monoisotopic (exact) mass is 280 g/mol. The van der Waals surface area contributed by atoms with E-state index in [4.69, 9.17) is 11.6 Å². The fraction of sp³-hybridized carbons (Fsp3) is 0.0667. The molecule has 0 amide bonds. The van der Waals surface area contributed by atoms with Gasteiger partial charge in [-0.25, -0.2) is 0 Å². The Balaban J connectivity index is 2.24. The highest BCUT2D eigenvalue weighted by Gasteiger charge is 2.29. The topological polar surface area (TPSA) is 0 Å². The van der Waals surface area contributed by atoms with Gasteiger partial charge in [0.05, 0.1) is 10.6 Å². The van der Waals surface area contributed by atoms with Crippen LogP contribution in [0, 0.1) is 11.8 Å². The highest BCUT2D eigenvalue weighted by atomic mass is 35.5. The van der Waals surface area contributed by atoms with Gasteiger partial charge < -0.3 is 0 Å². The third kappa shape index (κ3) is 3.52. The minimum absolute atomic E-state index is 0.507. The molecule has 0 fully saturated rings. The van der Waals surface area contributed by atoms with Crippen LogP contribution in [0.3, 0.4) is 0 Å². The van der Waals surface area contributed by atoms with Crippen molar-refractivity contribution in [2.75, 3.05) is 0 Å². The van der Waals surface area contributed by atoms with Gasteiger partial charge in [-0.2, -0.15) is 13.2 Å². The number of hydrogen-bond acceptors (Lipinski definition) is 0. The third-order valence-electron chi connectivity index (χ3n) is 2.43. The molecule has 0 nitrogen and oxygen atoms in total. The van der Waals surface area contributed by atoms with Crippen LogP contribution in [0.1, 0.15) is 16.7 Å². The molecule has 0 bridgehead atoms.